The summed E-state index contributed by atoms with van der Waals surface area (Å²) in [6.45, 7) is 8.31. The Hall–Kier alpha value is -2.99. The normalized spacial score (nSPS) is 14.4. The van der Waals surface area contributed by atoms with Crippen LogP contribution in [-0.4, -0.2) is 49.5 Å². The van der Waals surface area contributed by atoms with Crippen molar-refractivity contribution in [3.05, 3.63) is 48.7 Å². The van der Waals surface area contributed by atoms with Gasteiger partial charge < -0.3 is 23.6 Å². The molecule has 3 aromatic rings. The highest BCUT2D eigenvalue weighted by Crippen LogP contribution is 2.39. The second-order valence-electron chi connectivity index (χ2n) is 9.08. The standard InChI is InChI=1S/C28H36N2O4/c1-21(2)33-24-13-14-25(27(19-24)32-18-8-7-17-30-15-5-4-6-16-30)28-26(20-29-34-28)22-9-11-23(31-3)12-10-22/h9-14,19-21H,4-8,15-18H2,1-3H3. The predicted molar refractivity (Wildman–Crippen MR) is 135 cm³/mol. The van der Waals surface area contributed by atoms with Crippen LogP contribution in [0.15, 0.2) is 53.2 Å². The van der Waals surface area contributed by atoms with Gasteiger partial charge in [0.2, 0.25) is 0 Å². The second-order valence-corrected chi connectivity index (χ2v) is 9.08. The highest BCUT2D eigenvalue weighted by atomic mass is 16.5. The van der Waals surface area contributed by atoms with E-state index in [4.69, 9.17) is 18.7 Å². The Kier molecular flexibility index (Phi) is 8.47. The van der Waals surface area contributed by atoms with Gasteiger partial charge in [-0.1, -0.05) is 23.7 Å². The van der Waals surface area contributed by atoms with Crippen LogP contribution in [0.2, 0.25) is 0 Å². The van der Waals surface area contributed by atoms with E-state index in [2.05, 4.69) is 10.1 Å². The molecule has 6 heteroatoms. The first kappa shape index (κ1) is 24.1. The first-order chi connectivity index (χ1) is 16.6. The average Bonchev–Trinajstić information content (AvgIpc) is 3.34. The zero-order valence-electron chi connectivity index (χ0n) is 20.6. The molecule has 1 aliphatic rings. The number of hydrogen-bond donors (Lipinski definition) is 0. The smallest absolute Gasteiger partial charge is 0.178 e. The maximum Gasteiger partial charge on any atom is 0.178 e. The number of hydrogen-bond acceptors (Lipinski definition) is 6. The molecule has 0 atom stereocenters. The largest absolute Gasteiger partial charge is 0.497 e. The summed E-state index contributed by atoms with van der Waals surface area (Å²) in [4.78, 5) is 2.57. The lowest BCUT2D eigenvalue weighted by Crippen LogP contribution is -2.30. The van der Waals surface area contributed by atoms with Gasteiger partial charge in [0.05, 0.1) is 31.6 Å². The summed E-state index contributed by atoms with van der Waals surface area (Å²) in [5.41, 5.74) is 2.79. The zero-order valence-corrected chi connectivity index (χ0v) is 20.6. The highest BCUT2D eigenvalue weighted by molar-refractivity contribution is 5.82. The van der Waals surface area contributed by atoms with Crippen molar-refractivity contribution in [3.8, 4) is 39.7 Å². The summed E-state index contributed by atoms with van der Waals surface area (Å²) < 4.78 is 23.2. The molecule has 0 amide bonds. The average molecular weight is 465 g/mol. The summed E-state index contributed by atoms with van der Waals surface area (Å²) >= 11 is 0. The number of rotatable bonds is 11. The Morgan fingerprint density at radius 1 is 0.941 bits per heavy atom. The van der Waals surface area contributed by atoms with E-state index >= 15 is 0 Å². The lowest BCUT2D eigenvalue weighted by atomic mass is 10.0. The quantitative estimate of drug-likeness (QED) is 0.304. The molecule has 6 nitrogen and oxygen atoms in total. The molecule has 182 valence electrons. The Bertz CT molecular complexity index is 1020. The molecule has 0 unspecified atom stereocenters. The van der Waals surface area contributed by atoms with Crippen LogP contribution in [0.25, 0.3) is 22.5 Å². The fourth-order valence-electron chi connectivity index (χ4n) is 4.37. The molecule has 0 bridgehead atoms. The maximum absolute atomic E-state index is 6.29. The Morgan fingerprint density at radius 3 is 2.44 bits per heavy atom. The summed E-state index contributed by atoms with van der Waals surface area (Å²) in [7, 11) is 1.66. The van der Waals surface area contributed by atoms with Crippen molar-refractivity contribution < 1.29 is 18.7 Å². The fourth-order valence-corrected chi connectivity index (χ4v) is 4.37. The third-order valence-corrected chi connectivity index (χ3v) is 6.12. The van der Waals surface area contributed by atoms with E-state index < -0.39 is 0 Å². The molecule has 1 aromatic heterocycles. The monoisotopic (exact) mass is 464 g/mol. The Morgan fingerprint density at radius 2 is 1.71 bits per heavy atom. The van der Waals surface area contributed by atoms with E-state index in [1.54, 1.807) is 13.3 Å². The number of benzene rings is 2. The highest BCUT2D eigenvalue weighted by Gasteiger charge is 2.19. The molecule has 0 radical (unpaired) electrons. The van der Waals surface area contributed by atoms with E-state index in [0.29, 0.717) is 12.4 Å². The number of likely N-dealkylation sites (tertiary alicyclic amines) is 1. The van der Waals surface area contributed by atoms with Crippen molar-refractivity contribution in [2.24, 2.45) is 0 Å². The molecular weight excluding hydrogens is 428 g/mol. The van der Waals surface area contributed by atoms with Crippen LogP contribution in [0.5, 0.6) is 17.2 Å². The van der Waals surface area contributed by atoms with E-state index in [0.717, 1.165) is 53.3 Å². The third-order valence-electron chi connectivity index (χ3n) is 6.12. The Balaban J connectivity index is 1.50. The van der Waals surface area contributed by atoms with Gasteiger partial charge in [0.15, 0.2) is 5.76 Å². The van der Waals surface area contributed by atoms with Crippen LogP contribution in [0, 0.1) is 0 Å². The van der Waals surface area contributed by atoms with Gasteiger partial charge in [0.1, 0.15) is 17.2 Å². The lowest BCUT2D eigenvalue weighted by molar-refractivity contribution is 0.215. The molecule has 0 saturated carbocycles. The summed E-state index contributed by atoms with van der Waals surface area (Å²) in [6, 6.07) is 13.8. The first-order valence-corrected chi connectivity index (χ1v) is 12.4. The maximum atomic E-state index is 6.29. The first-order valence-electron chi connectivity index (χ1n) is 12.4. The van der Waals surface area contributed by atoms with Crippen LogP contribution in [0.3, 0.4) is 0 Å². The van der Waals surface area contributed by atoms with Crippen LogP contribution in [0.4, 0.5) is 0 Å². The molecule has 0 spiro atoms. The van der Waals surface area contributed by atoms with Crippen molar-refractivity contribution in [2.75, 3.05) is 33.4 Å². The van der Waals surface area contributed by atoms with Crippen LogP contribution < -0.4 is 14.2 Å². The molecule has 0 aliphatic carbocycles. The van der Waals surface area contributed by atoms with Gasteiger partial charge in [-0.3, -0.25) is 0 Å². The third kappa shape index (κ3) is 6.32. The molecule has 1 saturated heterocycles. The zero-order chi connectivity index (χ0) is 23.8. The van der Waals surface area contributed by atoms with E-state index in [1.807, 2.05) is 56.3 Å². The minimum absolute atomic E-state index is 0.0865. The summed E-state index contributed by atoms with van der Waals surface area (Å²) in [6.07, 6.45) is 8.01. The molecule has 2 heterocycles. The van der Waals surface area contributed by atoms with Crippen LogP contribution in [-0.2, 0) is 0 Å². The van der Waals surface area contributed by atoms with Crippen LogP contribution in [0.1, 0.15) is 46.0 Å². The Labute approximate surface area is 202 Å². The molecular formula is C28H36N2O4. The van der Waals surface area contributed by atoms with Gasteiger partial charge in [0.25, 0.3) is 0 Å². The number of ether oxygens (including phenoxy) is 3. The SMILES string of the molecule is COc1ccc(-c2cnoc2-c2ccc(OC(C)C)cc2OCCCCN2CCCCC2)cc1. The fraction of sp³-hybridized carbons (Fsp3) is 0.464. The molecule has 2 aromatic carbocycles. The van der Waals surface area contributed by atoms with Gasteiger partial charge in [0, 0.05) is 11.6 Å². The van der Waals surface area contributed by atoms with Gasteiger partial charge in [-0.15, -0.1) is 0 Å². The number of methoxy groups -OCH3 is 1. The number of unbranched alkanes of at least 4 members (excludes halogenated alkanes) is 1. The lowest BCUT2D eigenvalue weighted by Gasteiger charge is -2.26. The van der Waals surface area contributed by atoms with Gasteiger partial charge in [-0.25, -0.2) is 0 Å². The molecule has 0 N–H and O–H groups in total. The van der Waals surface area contributed by atoms with Gasteiger partial charge in [-0.05, 0) is 89.0 Å². The van der Waals surface area contributed by atoms with Crippen molar-refractivity contribution >= 4 is 0 Å². The number of nitrogens with zero attached hydrogens (tertiary/aromatic N) is 2. The van der Waals surface area contributed by atoms with Crippen molar-refractivity contribution in [1.82, 2.24) is 10.1 Å². The predicted octanol–water partition coefficient (Wildman–Crippen LogP) is 6.45. The van der Waals surface area contributed by atoms with Crippen LogP contribution >= 0.6 is 0 Å². The topological polar surface area (TPSA) is 57.0 Å². The molecule has 4 rings (SSSR count). The number of aromatic nitrogens is 1. The van der Waals surface area contributed by atoms with Crippen molar-refractivity contribution in [2.45, 2.75) is 52.1 Å². The van der Waals surface area contributed by atoms with Crippen molar-refractivity contribution in [1.29, 1.82) is 0 Å². The second kappa shape index (κ2) is 11.9. The molecule has 34 heavy (non-hydrogen) atoms. The van der Waals surface area contributed by atoms with Crippen molar-refractivity contribution in [3.63, 3.8) is 0 Å². The van der Waals surface area contributed by atoms with E-state index in [9.17, 15) is 0 Å². The number of piperidine rings is 1. The van der Waals surface area contributed by atoms with Gasteiger partial charge >= 0.3 is 0 Å². The molecule has 1 fully saturated rings. The van der Waals surface area contributed by atoms with E-state index in [1.165, 1.54) is 32.4 Å². The minimum atomic E-state index is 0.0865. The van der Waals surface area contributed by atoms with E-state index in [-0.39, 0.29) is 6.10 Å². The molecule has 1 aliphatic heterocycles. The van der Waals surface area contributed by atoms with Gasteiger partial charge in [-0.2, -0.15) is 0 Å². The minimum Gasteiger partial charge on any atom is -0.497 e. The summed E-state index contributed by atoms with van der Waals surface area (Å²) in [5, 5.41) is 4.09. The summed E-state index contributed by atoms with van der Waals surface area (Å²) in [5.74, 6) is 3.03.